The van der Waals surface area contributed by atoms with Crippen molar-refractivity contribution in [3.05, 3.63) is 23.8 Å². The van der Waals surface area contributed by atoms with Crippen molar-refractivity contribution >= 4 is 32.8 Å². The van der Waals surface area contributed by atoms with Gasteiger partial charge in [-0.2, -0.15) is 5.26 Å². The van der Waals surface area contributed by atoms with Gasteiger partial charge in [0.25, 0.3) is 0 Å². The molecule has 102 valence electrons. The van der Waals surface area contributed by atoms with Gasteiger partial charge in [0.05, 0.1) is 10.3 Å². The zero-order chi connectivity index (χ0) is 14.1. The Morgan fingerprint density at radius 2 is 2.10 bits per heavy atom. The Morgan fingerprint density at radius 1 is 1.35 bits per heavy atom. The van der Waals surface area contributed by atoms with Crippen molar-refractivity contribution in [2.75, 3.05) is 31.1 Å². The third-order valence-corrected chi connectivity index (χ3v) is 4.43. The molecule has 1 fully saturated rings. The molecule has 6 nitrogen and oxygen atoms in total. The summed E-state index contributed by atoms with van der Waals surface area (Å²) in [5.41, 5.74) is 1.31. The second-order valence-electron chi connectivity index (χ2n) is 4.52. The molecule has 3 rings (SSSR count). The molecule has 0 unspecified atom stereocenters. The molecule has 1 saturated heterocycles. The van der Waals surface area contributed by atoms with Crippen LogP contribution < -0.4 is 4.90 Å². The first kappa shape index (κ1) is 12.7. The highest BCUT2D eigenvalue weighted by Crippen LogP contribution is 2.30. The highest BCUT2D eigenvalue weighted by atomic mass is 32.1. The van der Waals surface area contributed by atoms with Gasteiger partial charge in [-0.3, -0.25) is 0 Å². The fraction of sp³-hybridized carbons (Fsp3) is 0.308. The summed E-state index contributed by atoms with van der Waals surface area (Å²) in [4.78, 5) is 18.9. The van der Waals surface area contributed by atoms with E-state index in [1.165, 1.54) is 4.90 Å². The number of thiazole rings is 1. The van der Waals surface area contributed by atoms with Gasteiger partial charge in [-0.05, 0) is 12.1 Å². The van der Waals surface area contributed by atoms with Gasteiger partial charge in [-0.15, -0.1) is 0 Å². The van der Waals surface area contributed by atoms with Crippen molar-refractivity contribution < 1.29 is 9.90 Å². The van der Waals surface area contributed by atoms with Gasteiger partial charge in [-0.1, -0.05) is 17.4 Å². The Hall–Kier alpha value is -2.33. The van der Waals surface area contributed by atoms with Crippen molar-refractivity contribution in [2.24, 2.45) is 0 Å². The average molecular weight is 288 g/mol. The fourth-order valence-corrected chi connectivity index (χ4v) is 3.30. The standard InChI is InChI=1S/C13H12N4O2S/c14-8-9-2-1-3-10-11(9)15-12(20-10)16-4-6-17(7-5-16)13(18)19/h1-3H,4-7H2,(H,18,19). The lowest BCUT2D eigenvalue weighted by Crippen LogP contribution is -2.48. The third kappa shape index (κ3) is 2.14. The van der Waals surface area contributed by atoms with E-state index >= 15 is 0 Å². The number of para-hydroxylation sites is 1. The number of benzene rings is 1. The summed E-state index contributed by atoms with van der Waals surface area (Å²) in [6.45, 7) is 2.23. The number of anilines is 1. The van der Waals surface area contributed by atoms with Crippen LogP contribution in [0.3, 0.4) is 0 Å². The van der Waals surface area contributed by atoms with E-state index in [4.69, 9.17) is 10.4 Å². The maximum atomic E-state index is 10.9. The molecule has 0 spiro atoms. The summed E-state index contributed by atoms with van der Waals surface area (Å²) in [6, 6.07) is 7.71. The fourth-order valence-electron chi connectivity index (χ4n) is 2.25. The lowest BCUT2D eigenvalue weighted by Gasteiger charge is -2.32. The van der Waals surface area contributed by atoms with Crippen molar-refractivity contribution in [2.45, 2.75) is 0 Å². The monoisotopic (exact) mass is 288 g/mol. The first-order valence-electron chi connectivity index (χ1n) is 6.21. The molecule has 1 N–H and O–H groups in total. The van der Waals surface area contributed by atoms with Crippen molar-refractivity contribution in [3.8, 4) is 6.07 Å². The number of carbonyl (C=O) groups is 1. The summed E-state index contributed by atoms with van der Waals surface area (Å²) in [6.07, 6.45) is -0.874. The Bertz CT molecular complexity index is 698. The number of fused-ring (bicyclic) bond motifs is 1. The lowest BCUT2D eigenvalue weighted by atomic mass is 10.2. The number of carboxylic acid groups (broad SMARTS) is 1. The number of hydrogen-bond acceptors (Lipinski definition) is 5. The third-order valence-electron chi connectivity index (χ3n) is 3.35. The molecule has 1 aromatic heterocycles. The number of piperazine rings is 1. The Balaban J connectivity index is 1.86. The Morgan fingerprint density at radius 3 is 2.75 bits per heavy atom. The molecule has 0 bridgehead atoms. The van der Waals surface area contributed by atoms with E-state index in [1.54, 1.807) is 17.4 Å². The van der Waals surface area contributed by atoms with Crippen LogP contribution in [-0.4, -0.2) is 47.3 Å². The number of nitriles is 1. The molecule has 0 atom stereocenters. The highest BCUT2D eigenvalue weighted by molar-refractivity contribution is 7.22. The average Bonchev–Trinajstić information content (AvgIpc) is 2.91. The van der Waals surface area contributed by atoms with Crippen LogP contribution in [0.5, 0.6) is 0 Å². The van der Waals surface area contributed by atoms with Gasteiger partial charge in [0.15, 0.2) is 5.13 Å². The van der Waals surface area contributed by atoms with Gasteiger partial charge >= 0.3 is 6.09 Å². The molecule has 1 amide bonds. The molecule has 1 aromatic carbocycles. The van der Waals surface area contributed by atoms with E-state index in [9.17, 15) is 4.79 Å². The van der Waals surface area contributed by atoms with Gasteiger partial charge in [-0.25, -0.2) is 9.78 Å². The van der Waals surface area contributed by atoms with Crippen molar-refractivity contribution in [3.63, 3.8) is 0 Å². The van der Waals surface area contributed by atoms with Gasteiger partial charge in [0.2, 0.25) is 0 Å². The highest BCUT2D eigenvalue weighted by Gasteiger charge is 2.22. The maximum Gasteiger partial charge on any atom is 0.407 e. The molecule has 2 heterocycles. The van der Waals surface area contributed by atoms with E-state index in [-0.39, 0.29) is 0 Å². The summed E-state index contributed by atoms with van der Waals surface area (Å²) < 4.78 is 0.986. The van der Waals surface area contributed by atoms with Crippen LogP contribution in [0.25, 0.3) is 10.2 Å². The van der Waals surface area contributed by atoms with Crippen LogP contribution in [0.1, 0.15) is 5.56 Å². The number of aromatic nitrogens is 1. The molecule has 1 aliphatic heterocycles. The summed E-state index contributed by atoms with van der Waals surface area (Å²) in [7, 11) is 0. The van der Waals surface area contributed by atoms with Gasteiger partial charge < -0.3 is 14.9 Å². The van der Waals surface area contributed by atoms with E-state index in [0.717, 1.165) is 15.3 Å². The molecule has 20 heavy (non-hydrogen) atoms. The largest absolute Gasteiger partial charge is 0.465 e. The van der Waals surface area contributed by atoms with Crippen LogP contribution in [0.15, 0.2) is 18.2 Å². The van der Waals surface area contributed by atoms with E-state index < -0.39 is 6.09 Å². The minimum Gasteiger partial charge on any atom is -0.465 e. The van der Waals surface area contributed by atoms with Crippen LogP contribution in [0.4, 0.5) is 9.93 Å². The second kappa shape index (κ2) is 4.98. The predicted octanol–water partition coefficient (Wildman–Crippen LogP) is 1.97. The normalized spacial score (nSPS) is 15.3. The van der Waals surface area contributed by atoms with Crippen molar-refractivity contribution in [1.82, 2.24) is 9.88 Å². The molecule has 2 aromatic rings. The molecular weight excluding hydrogens is 276 g/mol. The minimum atomic E-state index is -0.874. The molecule has 0 saturated carbocycles. The number of hydrogen-bond donors (Lipinski definition) is 1. The zero-order valence-corrected chi connectivity index (χ0v) is 11.4. The minimum absolute atomic E-state index is 0.483. The SMILES string of the molecule is N#Cc1cccc2sc(N3CCN(C(=O)O)CC3)nc12. The van der Waals surface area contributed by atoms with Crippen LogP contribution in [0.2, 0.25) is 0 Å². The zero-order valence-electron chi connectivity index (χ0n) is 10.6. The first-order valence-corrected chi connectivity index (χ1v) is 7.03. The summed E-state index contributed by atoms with van der Waals surface area (Å²) in [5.74, 6) is 0. The quantitative estimate of drug-likeness (QED) is 0.867. The molecule has 0 radical (unpaired) electrons. The molecule has 1 aliphatic rings. The Kier molecular flexibility index (Phi) is 3.16. The summed E-state index contributed by atoms with van der Waals surface area (Å²) >= 11 is 1.54. The van der Waals surface area contributed by atoms with Crippen LogP contribution >= 0.6 is 11.3 Å². The van der Waals surface area contributed by atoms with Gasteiger partial charge in [0, 0.05) is 26.2 Å². The van der Waals surface area contributed by atoms with Crippen LogP contribution in [-0.2, 0) is 0 Å². The smallest absolute Gasteiger partial charge is 0.407 e. The molecule has 7 heteroatoms. The van der Waals surface area contributed by atoms with E-state index in [2.05, 4.69) is 16.0 Å². The topological polar surface area (TPSA) is 80.5 Å². The number of amides is 1. The van der Waals surface area contributed by atoms with Crippen molar-refractivity contribution in [1.29, 1.82) is 5.26 Å². The number of rotatable bonds is 1. The van der Waals surface area contributed by atoms with E-state index in [0.29, 0.717) is 31.7 Å². The molecule has 0 aliphatic carbocycles. The van der Waals surface area contributed by atoms with E-state index in [1.807, 2.05) is 12.1 Å². The second-order valence-corrected chi connectivity index (χ2v) is 5.53. The lowest BCUT2D eigenvalue weighted by molar-refractivity contribution is 0.142. The summed E-state index contributed by atoms with van der Waals surface area (Å²) in [5, 5.41) is 18.9. The van der Waals surface area contributed by atoms with Crippen LogP contribution in [0, 0.1) is 11.3 Å². The first-order chi connectivity index (χ1) is 9.69. The maximum absolute atomic E-state index is 10.9. The Labute approximate surface area is 119 Å². The predicted molar refractivity (Wildman–Crippen MR) is 76.1 cm³/mol. The van der Waals surface area contributed by atoms with Gasteiger partial charge in [0.1, 0.15) is 11.6 Å². The molecular formula is C13H12N4O2S. The number of nitrogens with zero attached hydrogens (tertiary/aromatic N) is 4.